The van der Waals surface area contributed by atoms with Crippen molar-refractivity contribution in [1.82, 2.24) is 10.4 Å². The smallest absolute Gasteiger partial charge is 0.274 e. The van der Waals surface area contributed by atoms with Gasteiger partial charge in [-0.25, -0.2) is 5.01 Å². The third-order valence-electron chi connectivity index (χ3n) is 4.99. The first-order valence-electron chi connectivity index (χ1n) is 9.34. The van der Waals surface area contributed by atoms with Crippen molar-refractivity contribution < 1.29 is 9.53 Å². The van der Waals surface area contributed by atoms with Crippen LogP contribution in [0.1, 0.15) is 33.1 Å². The van der Waals surface area contributed by atoms with Gasteiger partial charge in [0, 0.05) is 0 Å². The van der Waals surface area contributed by atoms with Gasteiger partial charge in [0.2, 0.25) is 0 Å². The summed E-state index contributed by atoms with van der Waals surface area (Å²) in [5, 5.41) is 2.05. The molecule has 0 fully saturated rings. The Labute approximate surface area is 175 Å². The number of carbonyl (C=O) groups excluding carboxylic acids is 1. The predicted octanol–water partition coefficient (Wildman–Crippen LogP) is 5.40. The zero-order chi connectivity index (χ0) is 20.4. The molecule has 0 aliphatic carbocycles. The highest BCUT2D eigenvalue weighted by Crippen LogP contribution is 2.34. The first kappa shape index (κ1) is 19.1. The average Bonchev–Trinajstić information content (AvgIpc) is 3.19. The van der Waals surface area contributed by atoms with Gasteiger partial charge in [0.15, 0.2) is 0 Å². The van der Waals surface area contributed by atoms with Gasteiger partial charge in [-0.1, -0.05) is 65.7 Å². The van der Waals surface area contributed by atoms with Gasteiger partial charge >= 0.3 is 0 Å². The zero-order valence-corrected chi connectivity index (χ0v) is 17.0. The van der Waals surface area contributed by atoms with Crippen molar-refractivity contribution in [1.29, 1.82) is 0 Å². The molecule has 1 aliphatic rings. The van der Waals surface area contributed by atoms with E-state index < -0.39 is 0 Å². The topological polar surface area (TPSA) is 41.6 Å². The standard InChI is InChI=1S/C24H21ClN2O2/c1-16-7-9-17(10-8-16)22-15-23(18-11-13-19(29-2)14-12-18)27(26-22)24(28)20-5-3-4-6-21(20)25/h3-15,23,26H,1-2H3/t23-/m0/s1. The number of benzene rings is 3. The Hall–Kier alpha value is -3.24. The quantitative estimate of drug-likeness (QED) is 0.633. The van der Waals surface area contributed by atoms with Gasteiger partial charge in [-0.15, -0.1) is 0 Å². The molecule has 1 amide bonds. The Morgan fingerprint density at radius 3 is 2.34 bits per heavy atom. The maximum atomic E-state index is 13.3. The van der Waals surface area contributed by atoms with Gasteiger partial charge in [0.25, 0.3) is 5.91 Å². The predicted molar refractivity (Wildman–Crippen MR) is 116 cm³/mol. The molecule has 5 heteroatoms. The lowest BCUT2D eigenvalue weighted by Crippen LogP contribution is -2.39. The number of amides is 1. The van der Waals surface area contributed by atoms with E-state index in [1.165, 1.54) is 5.56 Å². The van der Waals surface area contributed by atoms with Gasteiger partial charge in [0.05, 0.1) is 29.4 Å². The summed E-state index contributed by atoms with van der Waals surface area (Å²) in [4.78, 5) is 13.3. The molecular weight excluding hydrogens is 384 g/mol. The Bertz CT molecular complexity index is 1060. The van der Waals surface area contributed by atoms with Crippen LogP contribution in [-0.2, 0) is 0 Å². The molecule has 0 bridgehead atoms. The fourth-order valence-electron chi connectivity index (χ4n) is 3.35. The van der Waals surface area contributed by atoms with Crippen molar-refractivity contribution in [2.75, 3.05) is 7.11 Å². The normalized spacial score (nSPS) is 15.6. The molecule has 0 radical (unpaired) electrons. The van der Waals surface area contributed by atoms with E-state index in [1.807, 2.05) is 55.5 Å². The Kier molecular flexibility index (Phi) is 5.28. The Balaban J connectivity index is 1.73. The van der Waals surface area contributed by atoms with Crippen LogP contribution in [0.25, 0.3) is 5.70 Å². The molecular formula is C24H21ClN2O2. The number of ether oxygens (including phenoxy) is 1. The molecule has 0 saturated heterocycles. The highest BCUT2D eigenvalue weighted by atomic mass is 35.5. The molecule has 0 unspecified atom stereocenters. The van der Waals surface area contributed by atoms with E-state index in [1.54, 1.807) is 24.3 Å². The van der Waals surface area contributed by atoms with Crippen LogP contribution in [0.15, 0.2) is 78.9 Å². The second-order valence-electron chi connectivity index (χ2n) is 6.93. The van der Waals surface area contributed by atoms with Crippen LogP contribution < -0.4 is 10.2 Å². The van der Waals surface area contributed by atoms with Crippen LogP contribution in [0, 0.1) is 6.92 Å². The van der Waals surface area contributed by atoms with E-state index in [2.05, 4.69) is 23.6 Å². The van der Waals surface area contributed by atoms with Crippen molar-refractivity contribution in [2.24, 2.45) is 0 Å². The molecule has 1 N–H and O–H groups in total. The Morgan fingerprint density at radius 1 is 1.00 bits per heavy atom. The van der Waals surface area contributed by atoms with Gasteiger partial charge < -0.3 is 4.74 Å². The third-order valence-corrected chi connectivity index (χ3v) is 5.32. The van der Waals surface area contributed by atoms with Crippen LogP contribution in [0.3, 0.4) is 0 Å². The highest BCUT2D eigenvalue weighted by molar-refractivity contribution is 6.33. The summed E-state index contributed by atoms with van der Waals surface area (Å²) in [5.41, 5.74) is 7.80. The van der Waals surface area contributed by atoms with E-state index >= 15 is 0 Å². The van der Waals surface area contributed by atoms with E-state index in [9.17, 15) is 4.79 Å². The summed E-state index contributed by atoms with van der Waals surface area (Å²) in [7, 11) is 1.63. The first-order chi connectivity index (χ1) is 14.1. The molecule has 29 heavy (non-hydrogen) atoms. The molecule has 0 spiro atoms. The van der Waals surface area contributed by atoms with Crippen LogP contribution >= 0.6 is 11.6 Å². The number of methoxy groups -OCH3 is 1. The largest absolute Gasteiger partial charge is 0.497 e. The second-order valence-corrected chi connectivity index (χ2v) is 7.34. The molecule has 4 nitrogen and oxygen atoms in total. The molecule has 1 atom stereocenters. The number of hydrogen-bond acceptors (Lipinski definition) is 3. The van der Waals surface area contributed by atoms with Gasteiger partial charge in [-0.05, 0) is 48.4 Å². The first-order valence-corrected chi connectivity index (χ1v) is 9.72. The van der Waals surface area contributed by atoms with E-state index in [0.29, 0.717) is 10.6 Å². The maximum Gasteiger partial charge on any atom is 0.274 e. The second kappa shape index (κ2) is 8.02. The molecule has 4 rings (SSSR count). The number of halogens is 1. The summed E-state index contributed by atoms with van der Waals surface area (Å²) in [5.74, 6) is 0.584. The van der Waals surface area contributed by atoms with Crippen molar-refractivity contribution in [2.45, 2.75) is 13.0 Å². The maximum absolute atomic E-state index is 13.3. The average molecular weight is 405 g/mol. The van der Waals surface area contributed by atoms with Gasteiger partial charge in [-0.3, -0.25) is 10.2 Å². The monoisotopic (exact) mass is 404 g/mol. The van der Waals surface area contributed by atoms with E-state index in [-0.39, 0.29) is 11.9 Å². The number of carbonyl (C=O) groups is 1. The molecule has 1 heterocycles. The van der Waals surface area contributed by atoms with Crippen LogP contribution in [-0.4, -0.2) is 18.0 Å². The minimum absolute atomic E-state index is 0.185. The van der Waals surface area contributed by atoms with E-state index in [0.717, 1.165) is 22.6 Å². The summed E-state index contributed by atoms with van der Waals surface area (Å²) in [6.07, 6.45) is 2.06. The molecule has 0 aromatic heterocycles. The molecule has 0 saturated carbocycles. The molecule has 3 aromatic rings. The highest BCUT2D eigenvalue weighted by Gasteiger charge is 2.32. The Morgan fingerprint density at radius 2 is 1.69 bits per heavy atom. The lowest BCUT2D eigenvalue weighted by Gasteiger charge is -2.26. The van der Waals surface area contributed by atoms with Crippen LogP contribution in [0.4, 0.5) is 0 Å². The lowest BCUT2D eigenvalue weighted by atomic mass is 10.0. The summed E-state index contributed by atoms with van der Waals surface area (Å²) in [6.45, 7) is 2.05. The third kappa shape index (κ3) is 3.84. The SMILES string of the molecule is COc1ccc([C@@H]2C=C(c3ccc(C)cc3)NN2C(=O)c2ccccc2Cl)cc1. The number of rotatable bonds is 4. The van der Waals surface area contributed by atoms with Gasteiger partial charge in [-0.2, -0.15) is 0 Å². The minimum atomic E-state index is -0.277. The molecule has 146 valence electrons. The minimum Gasteiger partial charge on any atom is -0.497 e. The zero-order valence-electron chi connectivity index (χ0n) is 16.2. The van der Waals surface area contributed by atoms with Crippen molar-refractivity contribution in [3.05, 3.63) is 106 Å². The molecule has 1 aliphatic heterocycles. The summed E-state index contributed by atoms with van der Waals surface area (Å²) >= 11 is 6.29. The number of aryl methyl sites for hydroxylation is 1. The number of hydrazine groups is 1. The molecule has 3 aromatic carbocycles. The fraction of sp³-hybridized carbons (Fsp3) is 0.125. The number of nitrogens with one attached hydrogen (secondary N) is 1. The fourth-order valence-corrected chi connectivity index (χ4v) is 3.57. The van der Waals surface area contributed by atoms with E-state index in [4.69, 9.17) is 16.3 Å². The van der Waals surface area contributed by atoms with Crippen LogP contribution in [0.2, 0.25) is 5.02 Å². The number of hydrogen-bond donors (Lipinski definition) is 1. The van der Waals surface area contributed by atoms with Crippen molar-refractivity contribution in [3.8, 4) is 5.75 Å². The van der Waals surface area contributed by atoms with Crippen molar-refractivity contribution in [3.63, 3.8) is 0 Å². The van der Waals surface area contributed by atoms with Crippen LogP contribution in [0.5, 0.6) is 5.75 Å². The van der Waals surface area contributed by atoms with Crippen molar-refractivity contribution >= 4 is 23.2 Å². The summed E-state index contributed by atoms with van der Waals surface area (Å²) < 4.78 is 5.26. The number of nitrogens with zero attached hydrogens (tertiary/aromatic N) is 1. The van der Waals surface area contributed by atoms with Gasteiger partial charge in [0.1, 0.15) is 5.75 Å². The lowest BCUT2D eigenvalue weighted by molar-refractivity contribution is 0.0672. The summed E-state index contributed by atoms with van der Waals surface area (Å²) in [6, 6.07) is 22.7.